The summed E-state index contributed by atoms with van der Waals surface area (Å²) in [4.78, 5) is 10.4. The molecule has 3 heteroatoms. The molecule has 0 aliphatic heterocycles. The highest BCUT2D eigenvalue weighted by Crippen LogP contribution is 2.20. The molecular weight excluding hydrogens is 178 g/mol. The molecule has 0 aromatic rings. The molecule has 0 saturated carbocycles. The average Bonchev–Trinajstić information content (AvgIpc) is 2.16. The smallest absolute Gasteiger partial charge is 0.303 e. The second-order valence-corrected chi connectivity index (χ2v) is 3.87. The van der Waals surface area contributed by atoms with Crippen LogP contribution in [0.3, 0.4) is 0 Å². The molecule has 0 aromatic heterocycles. The Bertz CT molecular complexity index is 140. The van der Waals surface area contributed by atoms with Crippen molar-refractivity contribution in [3.63, 3.8) is 0 Å². The number of hydrogen-bond acceptors (Lipinski definition) is 2. The van der Waals surface area contributed by atoms with Gasteiger partial charge in [-0.3, -0.25) is 4.79 Å². The molecule has 0 bridgehead atoms. The van der Waals surface area contributed by atoms with Crippen molar-refractivity contribution in [2.45, 2.75) is 51.9 Å². The number of carboxylic acid groups (broad SMARTS) is 1. The highest BCUT2D eigenvalue weighted by Gasteiger charge is 2.09. The zero-order valence-corrected chi connectivity index (χ0v) is 9.17. The van der Waals surface area contributed by atoms with Gasteiger partial charge in [0.2, 0.25) is 0 Å². The largest absolute Gasteiger partial charge is 0.481 e. The van der Waals surface area contributed by atoms with Crippen LogP contribution in [0, 0.1) is 5.92 Å². The van der Waals surface area contributed by atoms with Gasteiger partial charge in [0.15, 0.2) is 0 Å². The third-order valence-corrected chi connectivity index (χ3v) is 2.55. The van der Waals surface area contributed by atoms with E-state index in [2.05, 4.69) is 6.92 Å². The molecule has 0 fully saturated rings. The number of aliphatic carboxylic acids is 1. The van der Waals surface area contributed by atoms with E-state index in [1.165, 1.54) is 12.8 Å². The van der Waals surface area contributed by atoms with E-state index in [4.69, 9.17) is 10.8 Å². The van der Waals surface area contributed by atoms with E-state index in [-0.39, 0.29) is 0 Å². The van der Waals surface area contributed by atoms with Crippen molar-refractivity contribution >= 4 is 5.97 Å². The summed E-state index contributed by atoms with van der Waals surface area (Å²) < 4.78 is 0. The normalized spacial score (nSPS) is 12.7. The molecule has 84 valence electrons. The Kier molecular flexibility index (Phi) is 8.64. The van der Waals surface area contributed by atoms with Crippen LogP contribution in [0.5, 0.6) is 0 Å². The fourth-order valence-corrected chi connectivity index (χ4v) is 1.66. The summed E-state index contributed by atoms with van der Waals surface area (Å²) in [6.45, 7) is 2.88. The quantitative estimate of drug-likeness (QED) is 0.602. The molecule has 3 nitrogen and oxygen atoms in total. The summed E-state index contributed by atoms with van der Waals surface area (Å²) in [5, 5.41) is 8.59. The zero-order chi connectivity index (χ0) is 10.8. The van der Waals surface area contributed by atoms with Crippen LogP contribution < -0.4 is 5.73 Å². The summed E-state index contributed by atoms with van der Waals surface area (Å²) in [6.07, 6.45) is 6.77. The van der Waals surface area contributed by atoms with Gasteiger partial charge in [0.25, 0.3) is 0 Å². The number of rotatable bonds is 9. The van der Waals surface area contributed by atoms with Crippen molar-refractivity contribution < 1.29 is 9.90 Å². The van der Waals surface area contributed by atoms with Crippen LogP contribution in [0.1, 0.15) is 51.9 Å². The molecule has 0 heterocycles. The first-order chi connectivity index (χ1) is 6.70. The van der Waals surface area contributed by atoms with Crippen LogP contribution in [-0.2, 0) is 4.79 Å². The molecule has 0 spiro atoms. The van der Waals surface area contributed by atoms with E-state index < -0.39 is 5.97 Å². The highest BCUT2D eigenvalue weighted by molar-refractivity contribution is 5.66. The molecule has 0 aliphatic rings. The number of hydrogen-bond donors (Lipinski definition) is 2. The molecule has 0 aliphatic carbocycles. The molecule has 0 aromatic carbocycles. The van der Waals surface area contributed by atoms with Gasteiger partial charge in [0.1, 0.15) is 0 Å². The molecular formula is C11H23NO2. The van der Waals surface area contributed by atoms with Crippen LogP contribution in [0.15, 0.2) is 0 Å². The predicted octanol–water partition coefficient (Wildman–Crippen LogP) is 2.40. The first-order valence-corrected chi connectivity index (χ1v) is 5.62. The molecule has 0 saturated heterocycles. The SMILES string of the molecule is CCCCC(CCCN)CCC(=O)O. The second-order valence-electron chi connectivity index (χ2n) is 3.87. The van der Waals surface area contributed by atoms with Gasteiger partial charge in [-0.2, -0.15) is 0 Å². The minimum atomic E-state index is -0.681. The van der Waals surface area contributed by atoms with Gasteiger partial charge in [-0.05, 0) is 31.7 Å². The molecule has 1 atom stereocenters. The van der Waals surface area contributed by atoms with Gasteiger partial charge < -0.3 is 10.8 Å². The first kappa shape index (κ1) is 13.4. The Morgan fingerprint density at radius 2 is 1.93 bits per heavy atom. The maximum atomic E-state index is 10.4. The number of nitrogens with two attached hydrogens (primary N) is 1. The minimum Gasteiger partial charge on any atom is -0.481 e. The lowest BCUT2D eigenvalue weighted by Gasteiger charge is -2.14. The summed E-state index contributed by atoms with van der Waals surface area (Å²) >= 11 is 0. The van der Waals surface area contributed by atoms with Crippen LogP contribution in [0.25, 0.3) is 0 Å². The van der Waals surface area contributed by atoms with Crippen molar-refractivity contribution in [1.29, 1.82) is 0 Å². The van der Waals surface area contributed by atoms with Gasteiger partial charge >= 0.3 is 5.97 Å². The van der Waals surface area contributed by atoms with Crippen LogP contribution >= 0.6 is 0 Å². The van der Waals surface area contributed by atoms with Crippen molar-refractivity contribution in [1.82, 2.24) is 0 Å². The molecule has 1 unspecified atom stereocenters. The summed E-state index contributed by atoms with van der Waals surface area (Å²) in [5.41, 5.74) is 5.45. The third-order valence-electron chi connectivity index (χ3n) is 2.55. The molecule has 0 rings (SSSR count). The van der Waals surface area contributed by atoms with E-state index in [0.717, 1.165) is 32.2 Å². The van der Waals surface area contributed by atoms with Crippen molar-refractivity contribution in [3.8, 4) is 0 Å². The zero-order valence-electron chi connectivity index (χ0n) is 9.17. The average molecular weight is 201 g/mol. The fraction of sp³-hybridized carbons (Fsp3) is 0.909. The van der Waals surface area contributed by atoms with E-state index in [0.29, 0.717) is 12.3 Å². The molecule has 3 N–H and O–H groups in total. The summed E-state index contributed by atoms with van der Waals surface area (Å²) in [5.74, 6) is -0.117. The lowest BCUT2D eigenvalue weighted by Crippen LogP contribution is -2.08. The Morgan fingerprint density at radius 3 is 2.43 bits per heavy atom. The second kappa shape index (κ2) is 9.00. The van der Waals surface area contributed by atoms with Crippen molar-refractivity contribution in [2.24, 2.45) is 11.7 Å². The number of carbonyl (C=O) groups is 1. The van der Waals surface area contributed by atoms with Gasteiger partial charge in [0, 0.05) is 6.42 Å². The van der Waals surface area contributed by atoms with Crippen LogP contribution in [0.2, 0.25) is 0 Å². The summed E-state index contributed by atoms with van der Waals surface area (Å²) in [7, 11) is 0. The van der Waals surface area contributed by atoms with E-state index in [9.17, 15) is 4.79 Å². The standard InChI is InChI=1S/C11H23NO2/c1-2-3-5-10(6-4-9-12)7-8-11(13)14/h10H,2-9,12H2,1H3,(H,13,14). The summed E-state index contributed by atoms with van der Waals surface area (Å²) in [6, 6.07) is 0. The van der Waals surface area contributed by atoms with E-state index in [1.54, 1.807) is 0 Å². The Balaban J connectivity index is 3.65. The van der Waals surface area contributed by atoms with Gasteiger partial charge in [-0.25, -0.2) is 0 Å². The van der Waals surface area contributed by atoms with Crippen LogP contribution in [0.4, 0.5) is 0 Å². The first-order valence-electron chi connectivity index (χ1n) is 5.62. The predicted molar refractivity (Wildman–Crippen MR) is 58.2 cm³/mol. The maximum absolute atomic E-state index is 10.4. The monoisotopic (exact) mass is 201 g/mol. The Morgan fingerprint density at radius 1 is 1.29 bits per heavy atom. The lowest BCUT2D eigenvalue weighted by atomic mass is 9.92. The lowest BCUT2D eigenvalue weighted by molar-refractivity contribution is -0.137. The van der Waals surface area contributed by atoms with Gasteiger partial charge in [-0.1, -0.05) is 26.2 Å². The molecule has 0 radical (unpaired) electrons. The third kappa shape index (κ3) is 8.05. The van der Waals surface area contributed by atoms with Crippen molar-refractivity contribution in [3.05, 3.63) is 0 Å². The number of carboxylic acids is 1. The Hall–Kier alpha value is -0.570. The molecule has 14 heavy (non-hydrogen) atoms. The van der Waals surface area contributed by atoms with Gasteiger partial charge in [0.05, 0.1) is 0 Å². The Labute approximate surface area is 86.7 Å². The molecule has 0 amide bonds. The highest BCUT2D eigenvalue weighted by atomic mass is 16.4. The van der Waals surface area contributed by atoms with E-state index >= 15 is 0 Å². The fourth-order valence-electron chi connectivity index (χ4n) is 1.66. The van der Waals surface area contributed by atoms with Crippen LogP contribution in [-0.4, -0.2) is 17.6 Å². The maximum Gasteiger partial charge on any atom is 0.303 e. The van der Waals surface area contributed by atoms with Gasteiger partial charge in [-0.15, -0.1) is 0 Å². The van der Waals surface area contributed by atoms with Crippen molar-refractivity contribution in [2.75, 3.05) is 6.54 Å². The van der Waals surface area contributed by atoms with E-state index in [1.807, 2.05) is 0 Å². The number of unbranched alkanes of at least 4 members (excludes halogenated alkanes) is 1. The topological polar surface area (TPSA) is 63.3 Å². The minimum absolute atomic E-state index is 0.305.